The van der Waals surface area contributed by atoms with Crippen molar-refractivity contribution in [3.05, 3.63) is 40.3 Å². The van der Waals surface area contributed by atoms with Gasteiger partial charge in [-0.2, -0.15) is 0 Å². The highest BCUT2D eigenvalue weighted by atomic mass is 32.1. The van der Waals surface area contributed by atoms with Crippen molar-refractivity contribution in [2.24, 2.45) is 0 Å². The molecule has 2 amide bonds. The molecule has 2 unspecified atom stereocenters. The van der Waals surface area contributed by atoms with Gasteiger partial charge >= 0.3 is 0 Å². The Labute approximate surface area is 151 Å². The van der Waals surface area contributed by atoms with Crippen LogP contribution in [0.3, 0.4) is 0 Å². The van der Waals surface area contributed by atoms with Gasteiger partial charge in [-0.15, -0.1) is 11.3 Å². The number of likely N-dealkylation sites (N-methyl/N-ethyl adjacent to an activating group) is 2. The van der Waals surface area contributed by atoms with E-state index in [0.717, 1.165) is 10.7 Å². The van der Waals surface area contributed by atoms with Crippen LogP contribution in [0.25, 0.3) is 0 Å². The molecular formula is C18H22N4O2S. The molecule has 3 rings (SSSR count). The zero-order chi connectivity index (χ0) is 18.1. The van der Waals surface area contributed by atoms with E-state index in [1.807, 2.05) is 36.4 Å². The highest BCUT2D eigenvalue weighted by molar-refractivity contribution is 7.09. The van der Waals surface area contributed by atoms with Gasteiger partial charge in [0.2, 0.25) is 5.91 Å². The Morgan fingerprint density at radius 2 is 2.24 bits per heavy atom. The second-order valence-corrected chi connectivity index (χ2v) is 7.39. The van der Waals surface area contributed by atoms with E-state index in [-0.39, 0.29) is 23.8 Å². The summed E-state index contributed by atoms with van der Waals surface area (Å²) in [7, 11) is 3.67. The Kier molecular flexibility index (Phi) is 4.76. The fraction of sp³-hybridized carbons (Fsp3) is 0.389. The van der Waals surface area contributed by atoms with Crippen molar-refractivity contribution in [1.82, 2.24) is 9.88 Å². The number of aromatic nitrogens is 1. The van der Waals surface area contributed by atoms with Crippen LogP contribution in [0, 0.1) is 0 Å². The van der Waals surface area contributed by atoms with Crippen LogP contribution in [-0.2, 0) is 4.79 Å². The summed E-state index contributed by atoms with van der Waals surface area (Å²) in [5.41, 5.74) is 2.16. The maximum absolute atomic E-state index is 12.7. The molecule has 2 atom stereocenters. The quantitative estimate of drug-likeness (QED) is 0.913. The molecule has 0 spiro atoms. The number of amides is 2. The van der Waals surface area contributed by atoms with Crippen molar-refractivity contribution in [2.45, 2.75) is 25.8 Å². The summed E-state index contributed by atoms with van der Waals surface area (Å²) >= 11 is 1.60. The molecule has 2 heterocycles. The van der Waals surface area contributed by atoms with E-state index in [1.165, 1.54) is 0 Å². The first-order valence-corrected chi connectivity index (χ1v) is 9.09. The first kappa shape index (κ1) is 17.4. The van der Waals surface area contributed by atoms with Gasteiger partial charge in [-0.1, -0.05) is 6.92 Å². The lowest BCUT2D eigenvalue weighted by Gasteiger charge is -2.33. The Bertz CT molecular complexity index is 790. The molecule has 1 aromatic heterocycles. The number of carbonyl (C=O) groups is 2. The standard InChI is InChI=1S/C18H22N4O2S/c1-11(17-19-7-8-25-17)10-21(3)18(24)13-5-6-15-14(9-13)20-16(23)12(2)22(15)4/h5-9,11-12H,10H2,1-4H3,(H,20,23). The summed E-state index contributed by atoms with van der Waals surface area (Å²) in [6, 6.07) is 5.22. The third kappa shape index (κ3) is 3.37. The first-order chi connectivity index (χ1) is 11.9. The van der Waals surface area contributed by atoms with Crippen LogP contribution in [0.2, 0.25) is 0 Å². The number of carbonyl (C=O) groups excluding carboxylic acids is 2. The average molecular weight is 358 g/mol. The molecule has 132 valence electrons. The molecule has 0 fully saturated rings. The summed E-state index contributed by atoms with van der Waals surface area (Å²) in [6.07, 6.45) is 1.78. The zero-order valence-electron chi connectivity index (χ0n) is 14.8. The zero-order valence-corrected chi connectivity index (χ0v) is 15.6. The fourth-order valence-electron chi connectivity index (χ4n) is 2.97. The highest BCUT2D eigenvalue weighted by Crippen LogP contribution is 2.32. The number of anilines is 2. The third-order valence-corrected chi connectivity index (χ3v) is 5.62. The number of nitrogens with zero attached hydrogens (tertiary/aromatic N) is 3. The molecule has 25 heavy (non-hydrogen) atoms. The maximum Gasteiger partial charge on any atom is 0.253 e. The minimum Gasteiger partial charge on any atom is -0.361 e. The van der Waals surface area contributed by atoms with Crippen LogP contribution in [0.1, 0.15) is 35.1 Å². The van der Waals surface area contributed by atoms with E-state index >= 15 is 0 Å². The van der Waals surface area contributed by atoms with Crippen LogP contribution in [0.15, 0.2) is 29.8 Å². The SMILES string of the molecule is CC(CN(C)C(=O)c1ccc2c(c1)NC(=O)C(C)N2C)c1nccs1. The summed E-state index contributed by atoms with van der Waals surface area (Å²) in [6.45, 7) is 4.50. The molecule has 6 nitrogen and oxygen atoms in total. The highest BCUT2D eigenvalue weighted by Gasteiger charge is 2.27. The van der Waals surface area contributed by atoms with Crippen LogP contribution in [0.5, 0.6) is 0 Å². The van der Waals surface area contributed by atoms with E-state index in [4.69, 9.17) is 0 Å². The van der Waals surface area contributed by atoms with Crippen LogP contribution in [0.4, 0.5) is 11.4 Å². The van der Waals surface area contributed by atoms with E-state index in [9.17, 15) is 9.59 Å². The smallest absolute Gasteiger partial charge is 0.253 e. The van der Waals surface area contributed by atoms with Gasteiger partial charge in [-0.3, -0.25) is 9.59 Å². The van der Waals surface area contributed by atoms with Crippen LogP contribution in [-0.4, -0.2) is 48.4 Å². The van der Waals surface area contributed by atoms with Crippen molar-refractivity contribution in [2.75, 3.05) is 30.9 Å². The molecule has 1 aromatic carbocycles. The van der Waals surface area contributed by atoms with Crippen LogP contribution >= 0.6 is 11.3 Å². The van der Waals surface area contributed by atoms with Gasteiger partial charge in [0.05, 0.1) is 16.4 Å². The number of thiazole rings is 1. The predicted molar refractivity (Wildman–Crippen MR) is 100 cm³/mol. The summed E-state index contributed by atoms with van der Waals surface area (Å²) in [5, 5.41) is 5.84. The lowest BCUT2D eigenvalue weighted by Crippen LogP contribution is -2.44. The van der Waals surface area contributed by atoms with Crippen molar-refractivity contribution in [3.8, 4) is 0 Å². The number of hydrogen-bond donors (Lipinski definition) is 1. The molecule has 0 saturated heterocycles. The molecule has 2 aromatic rings. The van der Waals surface area contributed by atoms with E-state index in [0.29, 0.717) is 17.8 Å². The largest absolute Gasteiger partial charge is 0.361 e. The van der Waals surface area contributed by atoms with Gasteiger partial charge in [0.25, 0.3) is 5.91 Å². The summed E-state index contributed by atoms with van der Waals surface area (Å²) < 4.78 is 0. The molecule has 1 aliphatic heterocycles. The minimum atomic E-state index is -0.226. The fourth-order valence-corrected chi connectivity index (χ4v) is 3.66. The monoisotopic (exact) mass is 358 g/mol. The van der Waals surface area contributed by atoms with Crippen molar-refractivity contribution < 1.29 is 9.59 Å². The molecule has 7 heteroatoms. The van der Waals surface area contributed by atoms with Gasteiger partial charge in [0.15, 0.2) is 0 Å². The lowest BCUT2D eigenvalue weighted by atomic mass is 10.1. The van der Waals surface area contributed by atoms with Crippen LogP contribution < -0.4 is 10.2 Å². The Balaban J connectivity index is 1.76. The maximum atomic E-state index is 12.7. The molecule has 1 aliphatic rings. The average Bonchev–Trinajstić information content (AvgIpc) is 3.13. The molecule has 0 bridgehead atoms. The molecular weight excluding hydrogens is 336 g/mol. The van der Waals surface area contributed by atoms with Gasteiger partial charge < -0.3 is 15.1 Å². The van der Waals surface area contributed by atoms with Crippen molar-refractivity contribution in [1.29, 1.82) is 0 Å². The lowest BCUT2D eigenvalue weighted by molar-refractivity contribution is -0.117. The Hall–Kier alpha value is -2.41. The number of rotatable bonds is 4. The molecule has 0 radical (unpaired) electrons. The number of nitrogens with one attached hydrogen (secondary N) is 1. The third-order valence-electron chi connectivity index (χ3n) is 4.61. The van der Waals surface area contributed by atoms with E-state index < -0.39 is 0 Å². The Morgan fingerprint density at radius 3 is 2.92 bits per heavy atom. The summed E-state index contributed by atoms with van der Waals surface area (Å²) in [5.74, 6) is 0.0466. The topological polar surface area (TPSA) is 65.5 Å². The van der Waals surface area contributed by atoms with Gasteiger partial charge in [0.1, 0.15) is 6.04 Å². The van der Waals surface area contributed by atoms with E-state index in [2.05, 4.69) is 17.2 Å². The van der Waals surface area contributed by atoms with Crippen molar-refractivity contribution in [3.63, 3.8) is 0 Å². The number of hydrogen-bond acceptors (Lipinski definition) is 5. The van der Waals surface area contributed by atoms with Gasteiger partial charge in [-0.25, -0.2) is 4.98 Å². The first-order valence-electron chi connectivity index (χ1n) is 8.21. The molecule has 0 saturated carbocycles. The molecule has 0 aliphatic carbocycles. The number of benzene rings is 1. The van der Waals surface area contributed by atoms with Gasteiger partial charge in [0, 0.05) is 43.7 Å². The Morgan fingerprint density at radius 1 is 1.48 bits per heavy atom. The second kappa shape index (κ2) is 6.84. The van der Waals surface area contributed by atoms with Crippen molar-refractivity contribution >= 4 is 34.5 Å². The predicted octanol–water partition coefficient (Wildman–Crippen LogP) is 2.80. The minimum absolute atomic E-state index is 0.0645. The van der Waals surface area contributed by atoms with Gasteiger partial charge in [-0.05, 0) is 25.1 Å². The second-order valence-electron chi connectivity index (χ2n) is 6.47. The summed E-state index contributed by atoms with van der Waals surface area (Å²) in [4.78, 5) is 32.7. The molecule has 1 N–H and O–H groups in total. The number of fused-ring (bicyclic) bond motifs is 1. The normalized spacial score (nSPS) is 17.7. The van der Waals surface area contributed by atoms with E-state index in [1.54, 1.807) is 35.5 Å².